The number of hydrogen-bond acceptors (Lipinski definition) is 3. The fourth-order valence-corrected chi connectivity index (χ4v) is 1.46. The Balaban J connectivity index is 2.32. The highest BCUT2D eigenvalue weighted by molar-refractivity contribution is 5.76. The first-order valence-corrected chi connectivity index (χ1v) is 5.97. The number of carbonyl (C=O) groups excluding carboxylic acids is 1. The van der Waals surface area contributed by atoms with Gasteiger partial charge in [-0.2, -0.15) is 13.2 Å². The molecule has 7 heteroatoms. The number of rotatable bonds is 6. The third-order valence-corrected chi connectivity index (χ3v) is 2.67. The van der Waals surface area contributed by atoms with Crippen LogP contribution in [0.2, 0.25) is 0 Å². The van der Waals surface area contributed by atoms with Gasteiger partial charge in [0.15, 0.2) is 6.10 Å². The fraction of sp³-hybridized carbons (Fsp3) is 0.462. The van der Waals surface area contributed by atoms with Crippen molar-refractivity contribution in [2.24, 2.45) is 0 Å². The van der Waals surface area contributed by atoms with E-state index in [0.29, 0.717) is 12.2 Å². The van der Waals surface area contributed by atoms with Crippen LogP contribution < -0.4 is 10.1 Å². The van der Waals surface area contributed by atoms with E-state index in [9.17, 15) is 18.0 Å². The molecule has 0 saturated heterocycles. The van der Waals surface area contributed by atoms with E-state index >= 15 is 0 Å². The maximum absolute atomic E-state index is 12.0. The van der Waals surface area contributed by atoms with E-state index in [-0.39, 0.29) is 6.42 Å². The maximum Gasteiger partial charge on any atom is 0.416 e. The quantitative estimate of drug-likeness (QED) is 0.838. The molecule has 0 aliphatic carbocycles. The summed E-state index contributed by atoms with van der Waals surface area (Å²) in [6.07, 6.45) is -6.80. The molecule has 0 heterocycles. The summed E-state index contributed by atoms with van der Waals surface area (Å²) in [6, 6.07) is 7.02. The average Bonchev–Trinajstić information content (AvgIpc) is 2.41. The molecule has 20 heavy (non-hydrogen) atoms. The zero-order valence-corrected chi connectivity index (χ0v) is 10.9. The van der Waals surface area contributed by atoms with Gasteiger partial charge in [-0.1, -0.05) is 12.1 Å². The molecule has 0 aliphatic heterocycles. The number of benzene rings is 1. The molecule has 0 bridgehead atoms. The SMILES string of the molecule is COc1ccc(CCC(=O)NCC(O)C(F)(F)F)cc1. The molecule has 4 nitrogen and oxygen atoms in total. The standard InChI is InChI=1S/C13H16F3NO3/c1-20-10-5-2-9(3-6-10)4-7-12(19)17-8-11(18)13(14,15)16/h2-3,5-6,11,18H,4,7-8H2,1H3,(H,17,19). The van der Waals surface area contributed by atoms with E-state index in [1.54, 1.807) is 24.3 Å². The molecule has 1 aromatic carbocycles. The van der Waals surface area contributed by atoms with Gasteiger partial charge in [-0.25, -0.2) is 0 Å². The first kappa shape index (κ1) is 16.3. The Morgan fingerprint density at radius 2 is 1.95 bits per heavy atom. The molecule has 1 atom stereocenters. The van der Waals surface area contributed by atoms with Crippen LogP contribution in [0.3, 0.4) is 0 Å². The van der Waals surface area contributed by atoms with Crippen LogP contribution in [0, 0.1) is 0 Å². The molecular formula is C13H16F3NO3. The summed E-state index contributed by atoms with van der Waals surface area (Å²) in [7, 11) is 1.54. The molecule has 1 aromatic rings. The van der Waals surface area contributed by atoms with Crippen LogP contribution in [-0.2, 0) is 11.2 Å². The number of alkyl halides is 3. The van der Waals surface area contributed by atoms with E-state index < -0.39 is 24.7 Å². The van der Waals surface area contributed by atoms with Gasteiger partial charge in [-0.3, -0.25) is 4.79 Å². The number of ether oxygens (including phenoxy) is 1. The van der Waals surface area contributed by atoms with Gasteiger partial charge in [0.25, 0.3) is 0 Å². The molecule has 0 aromatic heterocycles. The molecule has 112 valence electrons. The van der Waals surface area contributed by atoms with Gasteiger partial charge in [0.1, 0.15) is 5.75 Å². The van der Waals surface area contributed by atoms with Gasteiger partial charge in [-0.05, 0) is 24.1 Å². The highest BCUT2D eigenvalue weighted by Crippen LogP contribution is 2.19. The second-order valence-electron chi connectivity index (χ2n) is 4.21. The Morgan fingerprint density at radius 1 is 1.35 bits per heavy atom. The second-order valence-corrected chi connectivity index (χ2v) is 4.21. The zero-order valence-electron chi connectivity index (χ0n) is 10.9. The molecule has 0 saturated carbocycles. The first-order chi connectivity index (χ1) is 9.32. The van der Waals surface area contributed by atoms with Gasteiger partial charge in [0.05, 0.1) is 13.7 Å². The number of halogens is 3. The topological polar surface area (TPSA) is 58.6 Å². The molecule has 1 amide bonds. The van der Waals surface area contributed by atoms with E-state index in [4.69, 9.17) is 9.84 Å². The van der Waals surface area contributed by atoms with Crippen LogP contribution in [0.1, 0.15) is 12.0 Å². The number of aryl methyl sites for hydroxylation is 1. The fourth-order valence-electron chi connectivity index (χ4n) is 1.46. The number of carbonyl (C=O) groups is 1. The number of nitrogens with one attached hydrogen (secondary N) is 1. The molecule has 2 N–H and O–H groups in total. The smallest absolute Gasteiger partial charge is 0.416 e. The Labute approximate surface area is 114 Å². The van der Waals surface area contributed by atoms with Crippen LogP contribution in [0.25, 0.3) is 0 Å². The van der Waals surface area contributed by atoms with Crippen molar-refractivity contribution < 1.29 is 27.8 Å². The summed E-state index contributed by atoms with van der Waals surface area (Å²) < 4.78 is 41.0. The van der Waals surface area contributed by atoms with Crippen molar-refractivity contribution in [3.8, 4) is 5.75 Å². The van der Waals surface area contributed by atoms with E-state index in [0.717, 1.165) is 5.56 Å². The van der Waals surface area contributed by atoms with Gasteiger partial charge in [0, 0.05) is 6.42 Å². The lowest BCUT2D eigenvalue weighted by molar-refractivity contribution is -0.201. The first-order valence-electron chi connectivity index (χ1n) is 5.97. The van der Waals surface area contributed by atoms with E-state index in [1.165, 1.54) is 7.11 Å². The summed E-state index contributed by atoms with van der Waals surface area (Å²) in [6.45, 7) is -0.828. The number of aliphatic hydroxyl groups excluding tert-OH is 1. The van der Waals surface area contributed by atoms with Crippen molar-refractivity contribution in [2.45, 2.75) is 25.1 Å². The Kier molecular flexibility index (Phi) is 5.82. The number of methoxy groups -OCH3 is 1. The van der Waals surface area contributed by atoms with Crippen molar-refractivity contribution in [1.29, 1.82) is 0 Å². The summed E-state index contributed by atoms with van der Waals surface area (Å²) in [5.41, 5.74) is 0.873. The van der Waals surface area contributed by atoms with Crippen LogP contribution in [0.15, 0.2) is 24.3 Å². The third kappa shape index (κ3) is 5.48. The molecule has 0 spiro atoms. The Bertz CT molecular complexity index is 431. The van der Waals surface area contributed by atoms with Crippen molar-refractivity contribution in [3.63, 3.8) is 0 Å². The van der Waals surface area contributed by atoms with Crippen LogP contribution in [-0.4, -0.2) is 36.9 Å². The minimum Gasteiger partial charge on any atom is -0.497 e. The van der Waals surface area contributed by atoms with E-state index in [1.807, 2.05) is 5.32 Å². The molecular weight excluding hydrogens is 275 g/mol. The lowest BCUT2D eigenvalue weighted by Gasteiger charge is -2.14. The van der Waals surface area contributed by atoms with Crippen molar-refractivity contribution >= 4 is 5.91 Å². The second kappa shape index (κ2) is 7.14. The molecule has 0 radical (unpaired) electrons. The molecule has 1 unspecified atom stereocenters. The van der Waals surface area contributed by atoms with Gasteiger partial charge < -0.3 is 15.2 Å². The van der Waals surface area contributed by atoms with Gasteiger partial charge in [-0.15, -0.1) is 0 Å². The minimum absolute atomic E-state index is 0.0525. The van der Waals surface area contributed by atoms with Crippen LogP contribution in [0.4, 0.5) is 13.2 Å². The molecule has 0 aliphatic rings. The lowest BCUT2D eigenvalue weighted by atomic mass is 10.1. The molecule has 1 rings (SSSR count). The van der Waals surface area contributed by atoms with Crippen LogP contribution >= 0.6 is 0 Å². The third-order valence-electron chi connectivity index (χ3n) is 2.67. The Hall–Kier alpha value is -1.76. The number of aliphatic hydroxyl groups is 1. The molecule has 0 fully saturated rings. The highest BCUT2D eigenvalue weighted by Gasteiger charge is 2.38. The predicted molar refractivity (Wildman–Crippen MR) is 66.4 cm³/mol. The van der Waals surface area contributed by atoms with Crippen molar-refractivity contribution in [2.75, 3.05) is 13.7 Å². The number of amides is 1. The number of hydrogen-bond donors (Lipinski definition) is 2. The predicted octanol–water partition coefficient (Wildman–Crippen LogP) is 1.67. The normalized spacial score (nSPS) is 12.8. The van der Waals surface area contributed by atoms with Crippen molar-refractivity contribution in [1.82, 2.24) is 5.32 Å². The largest absolute Gasteiger partial charge is 0.497 e. The minimum atomic E-state index is -4.72. The zero-order chi connectivity index (χ0) is 15.2. The van der Waals surface area contributed by atoms with Crippen molar-refractivity contribution in [3.05, 3.63) is 29.8 Å². The maximum atomic E-state index is 12.0. The average molecular weight is 291 g/mol. The summed E-state index contributed by atoms with van der Waals surface area (Å²) in [4.78, 5) is 11.4. The van der Waals surface area contributed by atoms with Crippen LogP contribution in [0.5, 0.6) is 5.75 Å². The lowest BCUT2D eigenvalue weighted by Crippen LogP contribution is -2.40. The van der Waals surface area contributed by atoms with Gasteiger partial charge >= 0.3 is 6.18 Å². The Morgan fingerprint density at radius 3 is 2.45 bits per heavy atom. The van der Waals surface area contributed by atoms with Gasteiger partial charge in [0.2, 0.25) is 5.91 Å². The summed E-state index contributed by atoms with van der Waals surface area (Å²) >= 11 is 0. The summed E-state index contributed by atoms with van der Waals surface area (Å²) in [5, 5.41) is 10.8. The van der Waals surface area contributed by atoms with E-state index in [2.05, 4.69) is 0 Å². The highest BCUT2D eigenvalue weighted by atomic mass is 19.4. The summed E-state index contributed by atoms with van der Waals surface area (Å²) in [5.74, 6) is 0.149. The monoisotopic (exact) mass is 291 g/mol.